The number of nitrogens with one attached hydrogen (secondary N) is 1. The maximum atomic E-state index is 13.0. The van der Waals surface area contributed by atoms with Crippen LogP contribution in [-0.2, 0) is 13.1 Å². The van der Waals surface area contributed by atoms with Crippen LogP contribution in [0, 0.1) is 0 Å². The summed E-state index contributed by atoms with van der Waals surface area (Å²) in [4.78, 5) is 14.4. The van der Waals surface area contributed by atoms with Crippen molar-refractivity contribution < 1.29 is 19.5 Å². The molecule has 0 unspecified atom stereocenters. The number of para-hydroxylation sites is 1. The lowest BCUT2D eigenvalue weighted by Crippen LogP contribution is -3.08. The average molecular weight is 388 g/mol. The lowest BCUT2D eigenvalue weighted by molar-refractivity contribution is -0.901. The largest absolute Gasteiger partial charge is 0.872 e. The third-order valence-corrected chi connectivity index (χ3v) is 6.08. The normalized spacial score (nSPS) is 18.0. The van der Waals surface area contributed by atoms with Gasteiger partial charge in [0, 0.05) is 47.6 Å². The number of nitrogens with zero attached hydrogens (tertiary/aromatic N) is 1. The fourth-order valence-corrected chi connectivity index (χ4v) is 4.55. The van der Waals surface area contributed by atoms with Crippen molar-refractivity contribution in [3.8, 4) is 11.5 Å². The predicted octanol–water partition coefficient (Wildman–Crippen LogP) is 2.53. The summed E-state index contributed by atoms with van der Waals surface area (Å²) in [5, 5.41) is 13.6. The predicted molar refractivity (Wildman–Crippen MR) is 110 cm³/mol. The minimum absolute atomic E-state index is 0.0419. The number of ketones is 1. The smallest absolute Gasteiger partial charge is 0.231 e. The van der Waals surface area contributed by atoms with Crippen molar-refractivity contribution >= 4 is 22.8 Å². The fraction of sp³-hybridized carbons (Fsp3) is 0.292. The van der Waals surface area contributed by atoms with Crippen molar-refractivity contribution in [3.63, 3.8) is 0 Å². The number of ether oxygens (including phenoxy) is 1. The molecule has 0 aliphatic carbocycles. The van der Waals surface area contributed by atoms with Crippen molar-refractivity contribution in [2.45, 2.75) is 32.9 Å². The van der Waals surface area contributed by atoms with Crippen LogP contribution in [0.15, 0.2) is 48.4 Å². The highest BCUT2D eigenvalue weighted by molar-refractivity contribution is 6.15. The van der Waals surface area contributed by atoms with Crippen LogP contribution in [0.1, 0.15) is 41.3 Å². The number of hydrogen-bond donors (Lipinski definition) is 1. The molecule has 2 aromatic carbocycles. The van der Waals surface area contributed by atoms with E-state index in [1.807, 2.05) is 24.4 Å². The van der Waals surface area contributed by atoms with E-state index in [2.05, 4.69) is 23.6 Å². The van der Waals surface area contributed by atoms with Crippen molar-refractivity contribution in [2.24, 2.45) is 0 Å². The zero-order valence-corrected chi connectivity index (χ0v) is 16.5. The molecule has 1 saturated heterocycles. The van der Waals surface area contributed by atoms with Gasteiger partial charge in [-0.05, 0) is 25.1 Å². The number of Topliss-reactive ketones (excluding diaryl/α,β-unsaturated/α-hetero) is 1. The number of quaternary nitrogens is 1. The zero-order valence-electron chi connectivity index (χ0n) is 16.5. The van der Waals surface area contributed by atoms with Crippen LogP contribution >= 0.6 is 0 Å². The minimum atomic E-state index is -0.147. The van der Waals surface area contributed by atoms with Gasteiger partial charge in [0.05, 0.1) is 18.7 Å². The van der Waals surface area contributed by atoms with Crippen molar-refractivity contribution in [3.05, 3.63) is 65.0 Å². The molecular formula is C24H24N2O3. The van der Waals surface area contributed by atoms with E-state index in [1.54, 1.807) is 6.07 Å². The molecule has 148 valence electrons. The molecule has 5 heteroatoms. The molecule has 5 rings (SSSR count). The van der Waals surface area contributed by atoms with Crippen molar-refractivity contribution in [2.75, 3.05) is 13.1 Å². The zero-order chi connectivity index (χ0) is 20.0. The number of carbonyl (C=O) groups excluding carboxylic acids is 1. The Morgan fingerprint density at radius 2 is 1.97 bits per heavy atom. The van der Waals surface area contributed by atoms with Gasteiger partial charge in [-0.2, -0.15) is 0 Å². The second-order valence-corrected chi connectivity index (χ2v) is 7.88. The summed E-state index contributed by atoms with van der Waals surface area (Å²) in [6, 6.07) is 11.3. The molecule has 0 amide bonds. The van der Waals surface area contributed by atoms with Gasteiger partial charge >= 0.3 is 0 Å². The highest BCUT2D eigenvalue weighted by Crippen LogP contribution is 2.39. The maximum Gasteiger partial charge on any atom is 0.231 e. The van der Waals surface area contributed by atoms with E-state index in [1.165, 1.54) is 23.8 Å². The molecule has 0 radical (unpaired) electrons. The number of rotatable bonds is 4. The molecule has 3 heterocycles. The molecule has 0 atom stereocenters. The number of aromatic nitrogens is 1. The van der Waals surface area contributed by atoms with Crippen LogP contribution in [0.25, 0.3) is 17.0 Å². The van der Waals surface area contributed by atoms with Crippen LogP contribution in [0.3, 0.4) is 0 Å². The molecule has 3 aromatic rings. The van der Waals surface area contributed by atoms with Gasteiger partial charge in [-0.1, -0.05) is 30.0 Å². The molecule has 2 aliphatic heterocycles. The number of benzene rings is 2. The summed E-state index contributed by atoms with van der Waals surface area (Å²) >= 11 is 0. The Hall–Kier alpha value is -3.05. The van der Waals surface area contributed by atoms with Crippen LogP contribution < -0.4 is 14.7 Å². The molecule has 0 saturated carbocycles. The molecule has 0 bridgehead atoms. The molecule has 29 heavy (non-hydrogen) atoms. The van der Waals surface area contributed by atoms with E-state index in [0.717, 1.165) is 36.1 Å². The first kappa shape index (κ1) is 18.0. The van der Waals surface area contributed by atoms with Crippen LogP contribution in [0.2, 0.25) is 0 Å². The number of allylic oxidation sites excluding steroid dienone is 1. The molecule has 5 nitrogen and oxygen atoms in total. The van der Waals surface area contributed by atoms with E-state index < -0.39 is 0 Å². The van der Waals surface area contributed by atoms with Crippen LogP contribution in [0.5, 0.6) is 11.5 Å². The Kier molecular flexibility index (Phi) is 4.40. The summed E-state index contributed by atoms with van der Waals surface area (Å²) < 4.78 is 8.19. The monoisotopic (exact) mass is 388 g/mol. The summed E-state index contributed by atoms with van der Waals surface area (Å²) in [6.45, 7) is 5.70. The lowest BCUT2D eigenvalue weighted by Gasteiger charge is -2.19. The average Bonchev–Trinajstić information content (AvgIpc) is 3.44. The van der Waals surface area contributed by atoms with Gasteiger partial charge in [-0.15, -0.1) is 0 Å². The Morgan fingerprint density at radius 1 is 1.17 bits per heavy atom. The van der Waals surface area contributed by atoms with Gasteiger partial charge in [0.1, 0.15) is 12.3 Å². The van der Waals surface area contributed by atoms with Gasteiger partial charge < -0.3 is 19.3 Å². The van der Waals surface area contributed by atoms with E-state index in [4.69, 9.17) is 4.74 Å². The van der Waals surface area contributed by atoms with Crippen molar-refractivity contribution in [1.29, 1.82) is 0 Å². The summed E-state index contributed by atoms with van der Waals surface area (Å²) in [5.74, 6) is 0.570. The Morgan fingerprint density at radius 3 is 2.76 bits per heavy atom. The van der Waals surface area contributed by atoms with Crippen molar-refractivity contribution in [1.82, 2.24) is 4.57 Å². The second-order valence-electron chi connectivity index (χ2n) is 7.88. The number of aryl methyl sites for hydroxylation is 1. The van der Waals surface area contributed by atoms with Gasteiger partial charge in [-0.25, -0.2) is 0 Å². The summed E-state index contributed by atoms with van der Waals surface area (Å²) in [6.07, 6.45) is 6.23. The Bertz CT molecular complexity index is 1140. The topological polar surface area (TPSA) is 58.7 Å². The molecule has 1 aromatic heterocycles. The summed E-state index contributed by atoms with van der Waals surface area (Å²) in [7, 11) is 0. The molecule has 1 fully saturated rings. The van der Waals surface area contributed by atoms with E-state index >= 15 is 0 Å². The fourth-order valence-electron chi connectivity index (χ4n) is 4.55. The standard InChI is InChI=1S/C24H24N2O3/c1-2-26-14-16(17-7-3-4-8-20(17)26)13-22-23(28)18-9-10-21(27)19(24(18)29-22)15-25-11-5-6-12-25/h3-4,7-10,13-14,27H,2,5-6,11-12,15H2,1H3. The number of carbonyl (C=O) groups is 1. The molecular weight excluding hydrogens is 364 g/mol. The van der Waals surface area contributed by atoms with Gasteiger partial charge in [0.2, 0.25) is 5.78 Å². The van der Waals surface area contributed by atoms with Gasteiger partial charge in [0.15, 0.2) is 5.76 Å². The van der Waals surface area contributed by atoms with Crippen LogP contribution in [0.4, 0.5) is 0 Å². The first-order valence-corrected chi connectivity index (χ1v) is 10.3. The van der Waals surface area contributed by atoms with Gasteiger partial charge in [0.25, 0.3) is 0 Å². The maximum absolute atomic E-state index is 13.0. The van der Waals surface area contributed by atoms with E-state index in [9.17, 15) is 9.90 Å². The number of hydrogen-bond acceptors (Lipinski definition) is 3. The van der Waals surface area contributed by atoms with Crippen LogP contribution in [-0.4, -0.2) is 23.4 Å². The minimum Gasteiger partial charge on any atom is -0.872 e. The molecule has 0 spiro atoms. The molecule has 2 aliphatic rings. The highest BCUT2D eigenvalue weighted by atomic mass is 16.5. The molecule has 1 N–H and O–H groups in total. The second kappa shape index (κ2) is 7.08. The number of likely N-dealkylation sites (tertiary alicyclic amines) is 1. The SMILES string of the molecule is CCn1cc(C=C2Oc3c(ccc([O-])c3C[NH+]3CCCC3)C2=O)c2ccccc21. The summed E-state index contributed by atoms with van der Waals surface area (Å²) in [5.41, 5.74) is 3.22. The first-order chi connectivity index (χ1) is 14.2. The first-order valence-electron chi connectivity index (χ1n) is 10.3. The lowest BCUT2D eigenvalue weighted by atomic mass is 10.0. The number of fused-ring (bicyclic) bond motifs is 2. The van der Waals surface area contributed by atoms with Gasteiger partial charge in [-0.3, -0.25) is 4.79 Å². The highest BCUT2D eigenvalue weighted by Gasteiger charge is 2.31. The third kappa shape index (κ3) is 3.02. The van der Waals surface area contributed by atoms with E-state index in [-0.39, 0.29) is 11.5 Å². The third-order valence-electron chi connectivity index (χ3n) is 6.08. The quantitative estimate of drug-likeness (QED) is 0.699. The Balaban J connectivity index is 1.54. The Labute approximate surface area is 169 Å². The van der Waals surface area contributed by atoms with E-state index in [0.29, 0.717) is 29.2 Å².